The average Bonchev–Trinajstić information content (AvgIpc) is 2.91. The van der Waals surface area contributed by atoms with E-state index in [2.05, 4.69) is 4.90 Å². The van der Waals surface area contributed by atoms with E-state index in [0.717, 1.165) is 17.8 Å². The molecular weight excluding hydrogens is 500 g/mol. The first kappa shape index (κ1) is 25.6. The zero-order valence-corrected chi connectivity index (χ0v) is 20.6. The molecule has 2 atom stereocenters. The molecule has 198 valence electrons. The van der Waals surface area contributed by atoms with Crippen molar-refractivity contribution in [2.24, 2.45) is 10.9 Å². The molecule has 0 amide bonds. The molecule has 1 N–H and O–H groups in total. The molecule has 6 nitrogen and oxygen atoms in total. The summed E-state index contributed by atoms with van der Waals surface area (Å²) in [5, 5.41) is 9.99. The van der Waals surface area contributed by atoms with E-state index in [0.29, 0.717) is 43.4 Å². The van der Waals surface area contributed by atoms with Crippen molar-refractivity contribution in [2.75, 3.05) is 36.0 Å². The SMILES string of the molecule is CC(C(=O)O)C1c2ccccc2N=C(N2CCN(c3ccc(F)cc3)CC2)N1c1cccc(C(F)(F)F)c1. The summed E-state index contributed by atoms with van der Waals surface area (Å²) in [5.74, 6) is -1.93. The van der Waals surface area contributed by atoms with E-state index in [1.54, 1.807) is 54.3 Å². The number of alkyl halides is 3. The van der Waals surface area contributed by atoms with Gasteiger partial charge in [-0.2, -0.15) is 13.2 Å². The predicted molar refractivity (Wildman–Crippen MR) is 137 cm³/mol. The first-order chi connectivity index (χ1) is 18.1. The normalized spacial score (nSPS) is 18.6. The number of rotatable bonds is 4. The molecule has 5 rings (SSSR count). The second-order valence-electron chi connectivity index (χ2n) is 9.41. The van der Waals surface area contributed by atoms with Gasteiger partial charge in [-0.05, 0) is 55.5 Å². The van der Waals surface area contributed by atoms with Gasteiger partial charge in [0, 0.05) is 43.1 Å². The summed E-state index contributed by atoms with van der Waals surface area (Å²) in [7, 11) is 0. The molecule has 2 aliphatic rings. The number of hydrogen-bond acceptors (Lipinski definition) is 5. The first-order valence-corrected chi connectivity index (χ1v) is 12.3. The third kappa shape index (κ3) is 4.90. The van der Waals surface area contributed by atoms with Crippen LogP contribution in [0.1, 0.15) is 24.1 Å². The molecule has 2 aliphatic heterocycles. The highest BCUT2D eigenvalue weighted by Gasteiger charge is 2.41. The zero-order valence-electron chi connectivity index (χ0n) is 20.6. The largest absolute Gasteiger partial charge is 0.481 e. The molecule has 0 aliphatic carbocycles. The highest BCUT2D eigenvalue weighted by Crippen LogP contribution is 2.43. The summed E-state index contributed by atoms with van der Waals surface area (Å²) >= 11 is 0. The van der Waals surface area contributed by atoms with Crippen LogP contribution in [0.15, 0.2) is 77.8 Å². The highest BCUT2D eigenvalue weighted by atomic mass is 19.4. The van der Waals surface area contributed by atoms with Crippen LogP contribution in [-0.4, -0.2) is 48.1 Å². The van der Waals surface area contributed by atoms with Crippen LogP contribution >= 0.6 is 0 Å². The minimum absolute atomic E-state index is 0.215. The topological polar surface area (TPSA) is 59.4 Å². The Morgan fingerprint density at radius 3 is 2.24 bits per heavy atom. The fraction of sp³-hybridized carbons (Fsp3) is 0.286. The Balaban J connectivity index is 1.56. The fourth-order valence-corrected chi connectivity index (χ4v) is 5.04. The number of aliphatic carboxylic acids is 1. The lowest BCUT2D eigenvalue weighted by Gasteiger charge is -2.46. The van der Waals surface area contributed by atoms with Crippen molar-refractivity contribution in [3.8, 4) is 0 Å². The highest BCUT2D eigenvalue weighted by molar-refractivity contribution is 6.01. The molecule has 2 unspecified atom stereocenters. The molecule has 0 spiro atoms. The van der Waals surface area contributed by atoms with Crippen LogP contribution in [0.4, 0.5) is 34.6 Å². The Labute approximate surface area is 217 Å². The van der Waals surface area contributed by atoms with Crippen LogP contribution in [-0.2, 0) is 11.0 Å². The van der Waals surface area contributed by atoms with Gasteiger partial charge < -0.3 is 19.8 Å². The van der Waals surface area contributed by atoms with E-state index in [-0.39, 0.29) is 11.5 Å². The molecule has 0 saturated carbocycles. The van der Waals surface area contributed by atoms with Crippen LogP contribution in [0.5, 0.6) is 0 Å². The number of fused-ring (bicyclic) bond motifs is 1. The molecular formula is C28H26F4N4O2. The number of carboxylic acid groups (broad SMARTS) is 1. The molecule has 38 heavy (non-hydrogen) atoms. The van der Waals surface area contributed by atoms with Gasteiger partial charge in [-0.15, -0.1) is 0 Å². The van der Waals surface area contributed by atoms with Gasteiger partial charge in [0.2, 0.25) is 5.96 Å². The molecule has 2 heterocycles. The van der Waals surface area contributed by atoms with Crippen LogP contribution in [0.3, 0.4) is 0 Å². The Kier molecular flexibility index (Phi) is 6.73. The number of anilines is 2. The fourth-order valence-electron chi connectivity index (χ4n) is 5.04. The molecule has 10 heteroatoms. The summed E-state index contributed by atoms with van der Waals surface area (Å²) in [6.45, 7) is 3.67. The monoisotopic (exact) mass is 526 g/mol. The molecule has 3 aromatic rings. The van der Waals surface area contributed by atoms with Gasteiger partial charge in [0.1, 0.15) is 5.82 Å². The number of guanidine groups is 1. The van der Waals surface area contributed by atoms with Crippen molar-refractivity contribution in [1.29, 1.82) is 0 Å². The second-order valence-corrected chi connectivity index (χ2v) is 9.41. The van der Waals surface area contributed by atoms with E-state index >= 15 is 0 Å². The second kappa shape index (κ2) is 10.00. The summed E-state index contributed by atoms with van der Waals surface area (Å²) in [6.07, 6.45) is -4.56. The van der Waals surface area contributed by atoms with Crippen molar-refractivity contribution in [1.82, 2.24) is 4.90 Å². The molecule has 1 fully saturated rings. The number of carboxylic acids is 1. The molecule has 1 saturated heterocycles. The number of halogens is 4. The summed E-state index contributed by atoms with van der Waals surface area (Å²) in [6, 6.07) is 17.5. The van der Waals surface area contributed by atoms with Crippen LogP contribution in [0, 0.1) is 11.7 Å². The third-order valence-corrected chi connectivity index (χ3v) is 7.04. The van der Waals surface area contributed by atoms with Crippen molar-refractivity contribution >= 4 is 29.0 Å². The van der Waals surface area contributed by atoms with Gasteiger partial charge in [0.25, 0.3) is 0 Å². The van der Waals surface area contributed by atoms with E-state index in [9.17, 15) is 27.5 Å². The standard InChI is InChI=1S/C28H26F4N4O2/c1-18(26(37)38)25-23-7-2-3-8-24(23)33-27(36(25)22-6-4-5-19(17-22)28(30,31)32)35-15-13-34(14-16-35)21-11-9-20(29)10-12-21/h2-12,17-18,25H,13-16H2,1H3,(H,37,38). The zero-order chi connectivity index (χ0) is 27.0. The lowest BCUT2D eigenvalue weighted by molar-refractivity contribution is -0.142. The lowest BCUT2D eigenvalue weighted by atomic mass is 9.90. The van der Waals surface area contributed by atoms with E-state index < -0.39 is 29.7 Å². The number of benzene rings is 3. The Morgan fingerprint density at radius 1 is 0.921 bits per heavy atom. The number of nitrogens with zero attached hydrogens (tertiary/aromatic N) is 4. The lowest BCUT2D eigenvalue weighted by Crippen LogP contribution is -2.56. The van der Waals surface area contributed by atoms with Gasteiger partial charge in [-0.25, -0.2) is 9.38 Å². The van der Waals surface area contributed by atoms with Gasteiger partial charge >= 0.3 is 12.1 Å². The summed E-state index contributed by atoms with van der Waals surface area (Å²) in [4.78, 5) is 22.8. The van der Waals surface area contributed by atoms with Crippen LogP contribution in [0.2, 0.25) is 0 Å². The van der Waals surface area contributed by atoms with Crippen molar-refractivity contribution < 1.29 is 27.5 Å². The quantitative estimate of drug-likeness (QED) is 0.427. The minimum Gasteiger partial charge on any atom is -0.481 e. The maximum absolute atomic E-state index is 13.7. The number of hydrogen-bond donors (Lipinski definition) is 1. The molecule has 0 bridgehead atoms. The average molecular weight is 527 g/mol. The Bertz CT molecular complexity index is 1350. The number of piperazine rings is 1. The van der Waals surface area contributed by atoms with Gasteiger partial charge in [0.15, 0.2) is 0 Å². The van der Waals surface area contributed by atoms with Crippen LogP contribution in [0.25, 0.3) is 0 Å². The van der Waals surface area contributed by atoms with Gasteiger partial charge in [-0.1, -0.05) is 24.3 Å². The van der Waals surface area contributed by atoms with Gasteiger partial charge in [0.05, 0.1) is 23.2 Å². The first-order valence-electron chi connectivity index (χ1n) is 12.3. The smallest absolute Gasteiger partial charge is 0.416 e. The Morgan fingerprint density at radius 2 is 1.58 bits per heavy atom. The minimum atomic E-state index is -4.56. The third-order valence-electron chi connectivity index (χ3n) is 7.04. The maximum Gasteiger partial charge on any atom is 0.416 e. The van der Waals surface area contributed by atoms with E-state index in [1.165, 1.54) is 18.2 Å². The number of carbonyl (C=O) groups is 1. The summed E-state index contributed by atoms with van der Waals surface area (Å²) < 4.78 is 54.4. The van der Waals surface area contributed by atoms with E-state index in [1.807, 2.05) is 4.90 Å². The maximum atomic E-state index is 13.7. The molecule has 3 aromatic carbocycles. The van der Waals surface area contributed by atoms with Gasteiger partial charge in [-0.3, -0.25) is 4.79 Å². The number of aliphatic imine (C=N–C) groups is 1. The molecule has 0 aromatic heterocycles. The predicted octanol–water partition coefficient (Wildman–Crippen LogP) is 5.94. The molecule has 0 radical (unpaired) electrons. The van der Waals surface area contributed by atoms with E-state index in [4.69, 9.17) is 4.99 Å². The van der Waals surface area contributed by atoms with Crippen molar-refractivity contribution in [3.63, 3.8) is 0 Å². The van der Waals surface area contributed by atoms with Crippen molar-refractivity contribution in [2.45, 2.75) is 19.1 Å². The van der Waals surface area contributed by atoms with Crippen molar-refractivity contribution in [3.05, 3.63) is 89.7 Å². The Hall–Kier alpha value is -4.08. The summed E-state index contributed by atoms with van der Waals surface area (Å²) in [5.41, 5.74) is 1.48. The number of para-hydroxylation sites is 1. The van der Waals surface area contributed by atoms with Crippen LogP contribution < -0.4 is 9.80 Å².